The molecule has 4 heteroatoms. The number of methoxy groups -OCH3 is 1. The maximum absolute atomic E-state index is 11.1. The summed E-state index contributed by atoms with van der Waals surface area (Å²) in [7, 11) is 1.52. The van der Waals surface area contributed by atoms with E-state index in [1.54, 1.807) is 12.1 Å². The summed E-state index contributed by atoms with van der Waals surface area (Å²) in [6.07, 6.45) is 3.55. The zero-order chi connectivity index (χ0) is 12.3. The molecule has 0 aromatic heterocycles. The minimum absolute atomic E-state index is 0.232. The average Bonchev–Trinajstić information content (AvgIpc) is 2.38. The monoisotopic (exact) mass is 235 g/mol. The fourth-order valence-electron chi connectivity index (χ4n) is 2.29. The van der Waals surface area contributed by atoms with E-state index in [9.17, 15) is 4.79 Å². The van der Waals surface area contributed by atoms with Gasteiger partial charge in [-0.25, -0.2) is 4.79 Å². The number of piperidine rings is 1. The van der Waals surface area contributed by atoms with Crippen molar-refractivity contribution in [3.8, 4) is 5.75 Å². The lowest BCUT2D eigenvalue weighted by atomic mass is 10.1. The molecule has 0 atom stereocenters. The molecule has 1 fully saturated rings. The lowest BCUT2D eigenvalue weighted by Crippen LogP contribution is -2.30. The van der Waals surface area contributed by atoms with Crippen LogP contribution in [0.2, 0.25) is 0 Å². The molecular weight excluding hydrogens is 218 g/mol. The number of hydrogen-bond donors (Lipinski definition) is 1. The number of carboxylic acids is 1. The van der Waals surface area contributed by atoms with Crippen LogP contribution in [0.4, 0.5) is 5.69 Å². The van der Waals surface area contributed by atoms with Gasteiger partial charge in [0.1, 0.15) is 5.56 Å². The van der Waals surface area contributed by atoms with Crippen molar-refractivity contribution < 1.29 is 14.6 Å². The minimum atomic E-state index is -0.944. The number of hydrogen-bond acceptors (Lipinski definition) is 3. The van der Waals surface area contributed by atoms with E-state index in [-0.39, 0.29) is 5.56 Å². The number of para-hydroxylation sites is 1. The van der Waals surface area contributed by atoms with Gasteiger partial charge in [0.2, 0.25) is 0 Å². The molecule has 1 aliphatic heterocycles. The van der Waals surface area contributed by atoms with Gasteiger partial charge in [-0.2, -0.15) is 0 Å². The molecular formula is C13H17NO3. The van der Waals surface area contributed by atoms with Crippen LogP contribution in [0.3, 0.4) is 0 Å². The largest absolute Gasteiger partial charge is 0.494 e. The normalized spacial score (nSPS) is 15.7. The van der Waals surface area contributed by atoms with Crippen LogP contribution in [0.1, 0.15) is 29.6 Å². The van der Waals surface area contributed by atoms with Crippen molar-refractivity contribution in [2.24, 2.45) is 0 Å². The van der Waals surface area contributed by atoms with Crippen LogP contribution < -0.4 is 9.64 Å². The highest BCUT2D eigenvalue weighted by molar-refractivity contribution is 5.93. The Hall–Kier alpha value is -1.71. The summed E-state index contributed by atoms with van der Waals surface area (Å²) in [5.41, 5.74) is 1.13. The molecule has 1 aromatic rings. The second-order valence-electron chi connectivity index (χ2n) is 4.21. The standard InChI is InChI=1S/C13H17NO3/c1-17-12-10(13(15)16)6-5-7-11(12)14-8-3-2-4-9-14/h5-7H,2-4,8-9H2,1H3,(H,15,16). The fourth-order valence-corrected chi connectivity index (χ4v) is 2.29. The summed E-state index contributed by atoms with van der Waals surface area (Å²) in [4.78, 5) is 13.3. The quantitative estimate of drug-likeness (QED) is 0.874. The molecule has 92 valence electrons. The van der Waals surface area contributed by atoms with Crippen molar-refractivity contribution in [2.45, 2.75) is 19.3 Å². The van der Waals surface area contributed by atoms with Gasteiger partial charge in [-0.1, -0.05) is 6.07 Å². The number of rotatable bonds is 3. The summed E-state index contributed by atoms with van der Waals surface area (Å²) in [6.45, 7) is 1.94. The van der Waals surface area contributed by atoms with Crippen LogP contribution in [0, 0.1) is 0 Å². The Bertz CT molecular complexity index is 411. The Morgan fingerprint density at radius 1 is 1.29 bits per heavy atom. The molecule has 0 saturated carbocycles. The van der Waals surface area contributed by atoms with Gasteiger partial charge >= 0.3 is 5.97 Å². The van der Waals surface area contributed by atoms with Gasteiger partial charge in [0.15, 0.2) is 5.75 Å². The van der Waals surface area contributed by atoms with Crippen molar-refractivity contribution in [3.63, 3.8) is 0 Å². The number of carbonyl (C=O) groups is 1. The average molecular weight is 235 g/mol. The van der Waals surface area contributed by atoms with Crippen molar-refractivity contribution in [1.82, 2.24) is 0 Å². The Morgan fingerprint density at radius 3 is 2.59 bits per heavy atom. The third-order valence-corrected chi connectivity index (χ3v) is 3.13. The fraction of sp³-hybridized carbons (Fsp3) is 0.462. The van der Waals surface area contributed by atoms with E-state index in [0.29, 0.717) is 5.75 Å². The second-order valence-corrected chi connectivity index (χ2v) is 4.21. The predicted octanol–water partition coefficient (Wildman–Crippen LogP) is 2.38. The first-order valence-corrected chi connectivity index (χ1v) is 5.89. The molecule has 1 N–H and O–H groups in total. The smallest absolute Gasteiger partial charge is 0.339 e. The highest BCUT2D eigenvalue weighted by Gasteiger charge is 2.20. The zero-order valence-electron chi connectivity index (χ0n) is 9.98. The van der Waals surface area contributed by atoms with Crippen LogP contribution >= 0.6 is 0 Å². The van der Waals surface area contributed by atoms with Gasteiger partial charge in [0.25, 0.3) is 0 Å². The molecule has 0 amide bonds. The highest BCUT2D eigenvalue weighted by atomic mass is 16.5. The van der Waals surface area contributed by atoms with Crippen LogP contribution in [0.25, 0.3) is 0 Å². The third-order valence-electron chi connectivity index (χ3n) is 3.13. The maximum Gasteiger partial charge on any atom is 0.339 e. The van der Waals surface area contributed by atoms with E-state index in [1.807, 2.05) is 6.07 Å². The van der Waals surface area contributed by atoms with Crippen molar-refractivity contribution >= 4 is 11.7 Å². The first-order valence-electron chi connectivity index (χ1n) is 5.89. The topological polar surface area (TPSA) is 49.8 Å². The molecule has 0 unspecified atom stereocenters. The van der Waals surface area contributed by atoms with Crippen molar-refractivity contribution in [3.05, 3.63) is 23.8 Å². The van der Waals surface area contributed by atoms with E-state index >= 15 is 0 Å². The number of aromatic carboxylic acids is 1. The summed E-state index contributed by atoms with van der Waals surface area (Å²) in [5.74, 6) is -0.470. The van der Waals surface area contributed by atoms with Crippen molar-refractivity contribution in [2.75, 3.05) is 25.1 Å². The molecule has 2 rings (SSSR count). The highest BCUT2D eigenvalue weighted by Crippen LogP contribution is 2.33. The van der Waals surface area contributed by atoms with Gasteiger partial charge < -0.3 is 14.7 Å². The molecule has 1 saturated heterocycles. The molecule has 4 nitrogen and oxygen atoms in total. The Kier molecular flexibility index (Phi) is 3.52. The first-order chi connectivity index (χ1) is 8.24. The molecule has 0 aliphatic carbocycles. The van der Waals surface area contributed by atoms with Gasteiger partial charge in [0.05, 0.1) is 12.8 Å². The Morgan fingerprint density at radius 2 is 2.00 bits per heavy atom. The zero-order valence-corrected chi connectivity index (χ0v) is 9.98. The number of ether oxygens (including phenoxy) is 1. The molecule has 1 aromatic carbocycles. The lowest BCUT2D eigenvalue weighted by molar-refractivity contribution is 0.0693. The van der Waals surface area contributed by atoms with E-state index in [0.717, 1.165) is 31.6 Å². The summed E-state index contributed by atoms with van der Waals surface area (Å²) in [5, 5.41) is 9.12. The number of nitrogens with zero attached hydrogens (tertiary/aromatic N) is 1. The van der Waals surface area contributed by atoms with Crippen LogP contribution in [0.15, 0.2) is 18.2 Å². The summed E-state index contributed by atoms with van der Waals surface area (Å²) >= 11 is 0. The SMILES string of the molecule is COc1c(C(=O)O)cccc1N1CCCCC1. The van der Waals surface area contributed by atoms with Crippen LogP contribution in [-0.4, -0.2) is 31.3 Å². The molecule has 0 radical (unpaired) electrons. The van der Waals surface area contributed by atoms with E-state index in [1.165, 1.54) is 13.5 Å². The third kappa shape index (κ3) is 2.35. The molecule has 0 spiro atoms. The minimum Gasteiger partial charge on any atom is -0.494 e. The number of anilines is 1. The molecule has 1 aliphatic rings. The van der Waals surface area contributed by atoms with E-state index in [4.69, 9.17) is 9.84 Å². The van der Waals surface area contributed by atoms with Crippen LogP contribution in [-0.2, 0) is 0 Å². The number of benzene rings is 1. The number of carboxylic acid groups (broad SMARTS) is 1. The van der Waals surface area contributed by atoms with Gasteiger partial charge in [-0.05, 0) is 31.4 Å². The lowest BCUT2D eigenvalue weighted by Gasteiger charge is -2.30. The maximum atomic E-state index is 11.1. The first kappa shape index (κ1) is 11.8. The van der Waals surface area contributed by atoms with Crippen molar-refractivity contribution in [1.29, 1.82) is 0 Å². The molecule has 17 heavy (non-hydrogen) atoms. The molecule has 1 heterocycles. The Balaban J connectivity index is 2.38. The second kappa shape index (κ2) is 5.08. The van der Waals surface area contributed by atoms with Gasteiger partial charge in [-0.3, -0.25) is 0 Å². The molecule has 0 bridgehead atoms. The Labute approximate surface area is 101 Å². The summed E-state index contributed by atoms with van der Waals surface area (Å²) in [6, 6.07) is 5.28. The van der Waals surface area contributed by atoms with E-state index in [2.05, 4.69) is 4.90 Å². The predicted molar refractivity (Wildman–Crippen MR) is 66.0 cm³/mol. The van der Waals surface area contributed by atoms with E-state index < -0.39 is 5.97 Å². The van der Waals surface area contributed by atoms with Crippen LogP contribution in [0.5, 0.6) is 5.75 Å². The van der Waals surface area contributed by atoms with Gasteiger partial charge in [0, 0.05) is 13.1 Å². The summed E-state index contributed by atoms with van der Waals surface area (Å²) < 4.78 is 5.27. The van der Waals surface area contributed by atoms with Gasteiger partial charge in [-0.15, -0.1) is 0 Å².